The van der Waals surface area contributed by atoms with Crippen molar-refractivity contribution in [2.75, 3.05) is 5.32 Å². The molecule has 0 spiro atoms. The number of anilines is 1. The van der Waals surface area contributed by atoms with Gasteiger partial charge in [0, 0.05) is 17.7 Å². The van der Waals surface area contributed by atoms with Crippen LogP contribution in [0, 0.1) is 0 Å². The minimum absolute atomic E-state index is 0.101. The average Bonchev–Trinajstić information content (AvgIpc) is 3.05. The number of aromatic amines is 1. The number of nitrogens with one attached hydrogen (secondary N) is 2. The first-order valence-electron chi connectivity index (χ1n) is 7.91. The number of nitrogens with zero attached hydrogens (tertiary/aromatic N) is 1. The number of hydrogen-bond donors (Lipinski definition) is 2. The number of aryl methyl sites for hydroxylation is 1. The Morgan fingerprint density at radius 2 is 2.00 bits per heavy atom. The van der Waals surface area contributed by atoms with Gasteiger partial charge in [-0.15, -0.1) is 0 Å². The summed E-state index contributed by atoms with van der Waals surface area (Å²) >= 11 is 11.9. The number of halogens is 2. The third-order valence-corrected chi connectivity index (χ3v) is 4.45. The first-order valence-corrected chi connectivity index (χ1v) is 8.67. The zero-order chi connectivity index (χ0) is 18.5. The zero-order valence-electron chi connectivity index (χ0n) is 13.6. The quantitative estimate of drug-likeness (QED) is 0.655. The highest BCUT2D eigenvalue weighted by Gasteiger charge is 2.08. The van der Waals surface area contributed by atoms with Crippen LogP contribution in [-0.4, -0.2) is 16.0 Å². The van der Waals surface area contributed by atoms with Crippen molar-refractivity contribution in [1.82, 2.24) is 10.1 Å². The standard InChI is InChI=1S/C18H15Cl2N3O3/c19-14-8-7-11(9-15(14)20)3-1-6-16(24)21-13-5-2-4-12(10-13)17-22-18(25)26-23-17/h2,4-5,7-10H,1,3,6H2,(H,21,24)(H,22,23,25). The number of carbonyl (C=O) groups excluding carboxylic acids is 1. The fourth-order valence-electron chi connectivity index (χ4n) is 2.47. The van der Waals surface area contributed by atoms with Gasteiger partial charge in [0.05, 0.1) is 10.0 Å². The molecule has 2 N–H and O–H groups in total. The molecule has 134 valence electrons. The summed E-state index contributed by atoms with van der Waals surface area (Å²) < 4.78 is 4.48. The Hall–Kier alpha value is -2.57. The maximum absolute atomic E-state index is 12.1. The number of carbonyl (C=O) groups is 1. The smallest absolute Gasteiger partial charge is 0.326 e. The first kappa shape index (κ1) is 18.2. The third kappa shape index (κ3) is 4.74. The molecule has 26 heavy (non-hydrogen) atoms. The summed E-state index contributed by atoms with van der Waals surface area (Å²) in [5.74, 6) is -0.418. The Morgan fingerprint density at radius 3 is 2.73 bits per heavy atom. The maximum Gasteiger partial charge on any atom is 0.439 e. The Labute approximate surface area is 159 Å². The molecule has 8 heteroatoms. The van der Waals surface area contributed by atoms with Crippen LogP contribution in [0.3, 0.4) is 0 Å². The van der Waals surface area contributed by atoms with E-state index in [0.717, 1.165) is 12.0 Å². The molecule has 6 nitrogen and oxygen atoms in total. The summed E-state index contributed by atoms with van der Waals surface area (Å²) in [4.78, 5) is 25.6. The lowest BCUT2D eigenvalue weighted by molar-refractivity contribution is -0.116. The summed E-state index contributed by atoms with van der Waals surface area (Å²) in [6.45, 7) is 0. The van der Waals surface area contributed by atoms with Gasteiger partial charge in [0.15, 0.2) is 5.82 Å². The molecule has 2 aromatic carbocycles. The fraction of sp³-hybridized carbons (Fsp3) is 0.167. The lowest BCUT2D eigenvalue weighted by Gasteiger charge is -2.07. The van der Waals surface area contributed by atoms with Crippen LogP contribution in [0.4, 0.5) is 5.69 Å². The van der Waals surface area contributed by atoms with E-state index in [2.05, 4.69) is 20.0 Å². The number of amides is 1. The molecule has 1 heterocycles. The van der Waals surface area contributed by atoms with Crippen LogP contribution >= 0.6 is 23.2 Å². The van der Waals surface area contributed by atoms with E-state index in [0.29, 0.717) is 40.0 Å². The van der Waals surface area contributed by atoms with E-state index in [4.69, 9.17) is 23.2 Å². The van der Waals surface area contributed by atoms with E-state index in [1.54, 1.807) is 30.3 Å². The average molecular weight is 392 g/mol. The topological polar surface area (TPSA) is 88.0 Å². The molecule has 0 atom stereocenters. The van der Waals surface area contributed by atoms with Crippen molar-refractivity contribution in [3.8, 4) is 11.4 Å². The second-order valence-corrected chi connectivity index (χ2v) is 6.49. The normalized spacial score (nSPS) is 10.7. The van der Waals surface area contributed by atoms with Gasteiger partial charge in [0.2, 0.25) is 5.91 Å². The van der Waals surface area contributed by atoms with Crippen molar-refractivity contribution in [1.29, 1.82) is 0 Å². The summed E-state index contributed by atoms with van der Waals surface area (Å²) in [5, 5.41) is 7.48. The Kier molecular flexibility index (Phi) is 5.75. The molecule has 0 aliphatic heterocycles. The van der Waals surface area contributed by atoms with Gasteiger partial charge in [-0.05, 0) is 42.7 Å². The van der Waals surface area contributed by atoms with Crippen molar-refractivity contribution < 1.29 is 9.32 Å². The van der Waals surface area contributed by atoms with E-state index >= 15 is 0 Å². The van der Waals surface area contributed by atoms with Crippen molar-refractivity contribution in [3.05, 3.63) is 68.6 Å². The second-order valence-electron chi connectivity index (χ2n) is 5.67. The summed E-state index contributed by atoms with van der Waals surface area (Å²) in [6.07, 6.45) is 1.77. The molecule has 0 bridgehead atoms. The van der Waals surface area contributed by atoms with Crippen molar-refractivity contribution in [3.63, 3.8) is 0 Å². The van der Waals surface area contributed by atoms with Gasteiger partial charge in [-0.3, -0.25) is 14.3 Å². The first-order chi connectivity index (χ1) is 12.5. The minimum atomic E-state index is -0.628. The van der Waals surface area contributed by atoms with Crippen LogP contribution in [0.2, 0.25) is 10.0 Å². The molecule has 0 saturated carbocycles. The maximum atomic E-state index is 12.1. The molecule has 0 fully saturated rings. The molecule has 0 aliphatic rings. The van der Waals surface area contributed by atoms with Crippen molar-refractivity contribution >= 4 is 34.8 Å². The van der Waals surface area contributed by atoms with Crippen molar-refractivity contribution in [2.45, 2.75) is 19.3 Å². The predicted molar refractivity (Wildman–Crippen MR) is 101 cm³/mol. The fourth-order valence-corrected chi connectivity index (χ4v) is 2.79. The Balaban J connectivity index is 1.55. The van der Waals surface area contributed by atoms with Crippen LogP contribution in [0.25, 0.3) is 11.4 Å². The highest BCUT2D eigenvalue weighted by atomic mass is 35.5. The van der Waals surface area contributed by atoms with E-state index in [-0.39, 0.29) is 5.91 Å². The van der Waals surface area contributed by atoms with Crippen LogP contribution in [-0.2, 0) is 11.2 Å². The van der Waals surface area contributed by atoms with Gasteiger partial charge < -0.3 is 5.32 Å². The number of rotatable bonds is 6. The number of aromatic nitrogens is 2. The molecule has 0 radical (unpaired) electrons. The van der Waals surface area contributed by atoms with E-state index < -0.39 is 5.76 Å². The van der Waals surface area contributed by atoms with E-state index in [1.807, 2.05) is 12.1 Å². The van der Waals surface area contributed by atoms with Crippen LogP contribution in [0.5, 0.6) is 0 Å². The molecule has 1 aromatic heterocycles. The minimum Gasteiger partial charge on any atom is -0.326 e. The van der Waals surface area contributed by atoms with Gasteiger partial charge in [-0.25, -0.2) is 4.79 Å². The molecular weight excluding hydrogens is 377 g/mol. The van der Waals surface area contributed by atoms with E-state index in [1.165, 1.54) is 0 Å². The summed E-state index contributed by atoms with van der Waals surface area (Å²) in [6, 6.07) is 12.4. The van der Waals surface area contributed by atoms with E-state index in [9.17, 15) is 9.59 Å². The highest BCUT2D eigenvalue weighted by Crippen LogP contribution is 2.23. The summed E-state index contributed by atoms with van der Waals surface area (Å²) in [5.41, 5.74) is 2.29. The molecule has 3 aromatic rings. The Morgan fingerprint density at radius 1 is 1.15 bits per heavy atom. The van der Waals surface area contributed by atoms with Crippen molar-refractivity contribution in [2.24, 2.45) is 0 Å². The number of H-pyrrole nitrogens is 1. The molecule has 1 amide bonds. The molecular formula is C18H15Cl2N3O3. The monoisotopic (exact) mass is 391 g/mol. The lowest BCUT2D eigenvalue weighted by Crippen LogP contribution is -2.11. The lowest BCUT2D eigenvalue weighted by atomic mass is 10.1. The van der Waals surface area contributed by atoms with Gasteiger partial charge >= 0.3 is 5.76 Å². The van der Waals surface area contributed by atoms with Gasteiger partial charge in [-0.2, -0.15) is 0 Å². The molecule has 3 rings (SSSR count). The van der Waals surface area contributed by atoms with Crippen LogP contribution < -0.4 is 11.1 Å². The molecule has 0 unspecified atom stereocenters. The number of benzene rings is 2. The predicted octanol–water partition coefficient (Wildman–Crippen LogP) is 4.30. The van der Waals surface area contributed by atoms with Crippen LogP contribution in [0.1, 0.15) is 18.4 Å². The van der Waals surface area contributed by atoms with Gasteiger partial charge in [0.25, 0.3) is 0 Å². The number of hydrogen-bond acceptors (Lipinski definition) is 4. The zero-order valence-corrected chi connectivity index (χ0v) is 15.1. The Bertz CT molecular complexity index is 982. The molecule has 0 saturated heterocycles. The van der Waals surface area contributed by atoms with Gasteiger partial charge in [0.1, 0.15) is 0 Å². The molecule has 0 aliphatic carbocycles. The van der Waals surface area contributed by atoms with Gasteiger partial charge in [-0.1, -0.05) is 46.6 Å². The largest absolute Gasteiger partial charge is 0.439 e. The second kappa shape index (κ2) is 8.21. The SMILES string of the molecule is O=C(CCCc1ccc(Cl)c(Cl)c1)Nc1cccc(-c2noc(=O)[nH]2)c1. The van der Waals surface area contributed by atoms with Crippen LogP contribution in [0.15, 0.2) is 51.8 Å². The highest BCUT2D eigenvalue weighted by molar-refractivity contribution is 6.42. The third-order valence-electron chi connectivity index (χ3n) is 3.71. The summed E-state index contributed by atoms with van der Waals surface area (Å²) in [7, 11) is 0.